The second-order valence-electron chi connectivity index (χ2n) is 5.76. The van der Waals surface area contributed by atoms with Crippen molar-refractivity contribution in [2.45, 2.75) is 45.6 Å². The third-order valence-corrected chi connectivity index (χ3v) is 4.29. The van der Waals surface area contributed by atoms with E-state index >= 15 is 0 Å². The number of likely N-dealkylation sites (tertiary alicyclic amines) is 1. The van der Waals surface area contributed by atoms with Crippen LogP contribution in [0.2, 0.25) is 0 Å². The van der Waals surface area contributed by atoms with Crippen molar-refractivity contribution in [3.05, 3.63) is 29.3 Å². The molecule has 1 aromatic carbocycles. The highest BCUT2D eigenvalue weighted by atomic mass is 16.5. The molecule has 1 aromatic rings. The number of amides is 1. The zero-order valence-electron chi connectivity index (χ0n) is 13.3. The van der Waals surface area contributed by atoms with Crippen LogP contribution >= 0.6 is 0 Å². The van der Waals surface area contributed by atoms with Crippen LogP contribution in [0.15, 0.2) is 18.2 Å². The van der Waals surface area contributed by atoms with Crippen LogP contribution in [-0.2, 0) is 9.53 Å². The summed E-state index contributed by atoms with van der Waals surface area (Å²) in [5.41, 5.74) is 7.43. The third-order valence-electron chi connectivity index (χ3n) is 4.29. The number of carbonyl (C=O) groups is 2. The van der Waals surface area contributed by atoms with Crippen LogP contribution in [0.4, 0.5) is 5.69 Å². The summed E-state index contributed by atoms with van der Waals surface area (Å²) >= 11 is 0. The maximum atomic E-state index is 12.3. The minimum Gasteiger partial charge on any atom is -0.452 e. The van der Waals surface area contributed by atoms with E-state index in [9.17, 15) is 9.59 Å². The fourth-order valence-corrected chi connectivity index (χ4v) is 2.90. The Morgan fingerprint density at radius 3 is 2.86 bits per heavy atom. The molecule has 5 heteroatoms. The zero-order valence-corrected chi connectivity index (χ0v) is 13.3. The standard InChI is InChI=1S/C17H24N2O3/c1-3-13-8-4-5-10-19(13)15(20)11-22-17(21)14-9-6-7-12(2)16(14)18/h6-7,9,13H,3-5,8,10-11,18H2,1-2H3/t13-/m1/s1. The first-order valence-corrected chi connectivity index (χ1v) is 7.86. The van der Waals surface area contributed by atoms with Gasteiger partial charge in [-0.2, -0.15) is 0 Å². The van der Waals surface area contributed by atoms with E-state index in [1.54, 1.807) is 12.1 Å². The lowest BCUT2D eigenvalue weighted by Gasteiger charge is -2.35. The van der Waals surface area contributed by atoms with E-state index in [0.29, 0.717) is 11.3 Å². The molecule has 1 saturated heterocycles. The molecule has 0 aromatic heterocycles. The molecule has 0 unspecified atom stereocenters. The molecule has 0 radical (unpaired) electrons. The quantitative estimate of drug-likeness (QED) is 0.685. The number of anilines is 1. The predicted octanol–water partition coefficient (Wildman–Crippen LogP) is 2.53. The van der Waals surface area contributed by atoms with Gasteiger partial charge in [0.05, 0.1) is 5.56 Å². The summed E-state index contributed by atoms with van der Waals surface area (Å²) in [5.74, 6) is -0.661. The zero-order chi connectivity index (χ0) is 16.1. The van der Waals surface area contributed by atoms with Crippen molar-refractivity contribution in [2.24, 2.45) is 0 Å². The van der Waals surface area contributed by atoms with Gasteiger partial charge in [-0.3, -0.25) is 4.79 Å². The van der Waals surface area contributed by atoms with Gasteiger partial charge in [-0.25, -0.2) is 4.79 Å². The summed E-state index contributed by atoms with van der Waals surface area (Å²) in [6.07, 6.45) is 4.13. The maximum Gasteiger partial charge on any atom is 0.340 e. The summed E-state index contributed by atoms with van der Waals surface area (Å²) in [4.78, 5) is 26.2. The number of nitrogen functional groups attached to an aromatic ring is 1. The van der Waals surface area contributed by atoms with Gasteiger partial charge >= 0.3 is 5.97 Å². The highest BCUT2D eigenvalue weighted by Crippen LogP contribution is 2.20. The minimum absolute atomic E-state index is 0.119. The van der Waals surface area contributed by atoms with Crippen LogP contribution in [0.5, 0.6) is 0 Å². The van der Waals surface area contributed by atoms with Gasteiger partial charge in [0.15, 0.2) is 6.61 Å². The molecular weight excluding hydrogens is 280 g/mol. The number of nitrogens with two attached hydrogens (primary N) is 1. The Bertz CT molecular complexity index is 557. The molecule has 120 valence electrons. The van der Waals surface area contributed by atoms with Crippen LogP contribution in [0.25, 0.3) is 0 Å². The van der Waals surface area contributed by atoms with E-state index in [0.717, 1.165) is 37.8 Å². The van der Waals surface area contributed by atoms with Gasteiger partial charge in [-0.15, -0.1) is 0 Å². The van der Waals surface area contributed by atoms with Gasteiger partial charge in [0.25, 0.3) is 5.91 Å². The molecule has 0 spiro atoms. The van der Waals surface area contributed by atoms with Crippen molar-refractivity contribution in [1.29, 1.82) is 0 Å². The summed E-state index contributed by atoms with van der Waals surface area (Å²) < 4.78 is 5.16. The second-order valence-corrected chi connectivity index (χ2v) is 5.76. The summed E-state index contributed by atoms with van der Waals surface area (Å²) in [5, 5.41) is 0. The smallest absolute Gasteiger partial charge is 0.340 e. The molecular formula is C17H24N2O3. The average Bonchev–Trinajstić information content (AvgIpc) is 2.54. The maximum absolute atomic E-state index is 12.3. The Hall–Kier alpha value is -2.04. The normalized spacial score (nSPS) is 18.1. The number of hydrogen-bond donors (Lipinski definition) is 1. The highest BCUT2D eigenvalue weighted by molar-refractivity contribution is 5.96. The molecule has 1 atom stereocenters. The van der Waals surface area contributed by atoms with Gasteiger partial charge in [-0.1, -0.05) is 19.1 Å². The van der Waals surface area contributed by atoms with E-state index < -0.39 is 5.97 Å². The first-order valence-electron chi connectivity index (χ1n) is 7.86. The molecule has 22 heavy (non-hydrogen) atoms. The Morgan fingerprint density at radius 2 is 2.14 bits per heavy atom. The number of carbonyl (C=O) groups excluding carboxylic acids is 2. The van der Waals surface area contributed by atoms with Gasteiger partial charge in [0, 0.05) is 18.3 Å². The lowest BCUT2D eigenvalue weighted by Crippen LogP contribution is -2.45. The number of ether oxygens (including phenoxy) is 1. The minimum atomic E-state index is -0.542. The summed E-state index contributed by atoms with van der Waals surface area (Å²) in [6, 6.07) is 5.47. The van der Waals surface area contributed by atoms with Crippen molar-refractivity contribution >= 4 is 17.6 Å². The van der Waals surface area contributed by atoms with Crippen molar-refractivity contribution in [3.63, 3.8) is 0 Å². The lowest BCUT2D eigenvalue weighted by molar-refractivity contribution is -0.138. The van der Waals surface area contributed by atoms with Crippen LogP contribution in [-0.4, -0.2) is 36.0 Å². The van der Waals surface area contributed by atoms with Crippen LogP contribution in [0, 0.1) is 6.92 Å². The third kappa shape index (κ3) is 3.59. The monoisotopic (exact) mass is 304 g/mol. The van der Waals surface area contributed by atoms with E-state index in [4.69, 9.17) is 10.5 Å². The molecule has 0 bridgehead atoms. The Labute approximate surface area is 131 Å². The molecule has 1 aliphatic rings. The average molecular weight is 304 g/mol. The first-order chi connectivity index (χ1) is 10.5. The Balaban J connectivity index is 1.95. The van der Waals surface area contributed by atoms with Gasteiger partial charge in [-0.05, 0) is 44.2 Å². The highest BCUT2D eigenvalue weighted by Gasteiger charge is 2.26. The molecule has 1 fully saturated rings. The molecule has 1 heterocycles. The van der Waals surface area contributed by atoms with Crippen LogP contribution < -0.4 is 5.73 Å². The molecule has 1 amide bonds. The number of para-hydroxylation sites is 1. The number of piperidine rings is 1. The van der Waals surface area contributed by atoms with E-state index in [1.807, 2.05) is 17.9 Å². The van der Waals surface area contributed by atoms with Crippen molar-refractivity contribution < 1.29 is 14.3 Å². The molecule has 5 nitrogen and oxygen atoms in total. The van der Waals surface area contributed by atoms with E-state index in [1.165, 1.54) is 0 Å². The molecule has 0 aliphatic carbocycles. The van der Waals surface area contributed by atoms with Gasteiger partial charge in [0.1, 0.15) is 0 Å². The lowest BCUT2D eigenvalue weighted by atomic mass is 10.00. The fraction of sp³-hybridized carbons (Fsp3) is 0.529. The van der Waals surface area contributed by atoms with Crippen molar-refractivity contribution in [2.75, 3.05) is 18.9 Å². The second kappa shape index (κ2) is 7.29. The number of benzene rings is 1. The molecule has 2 N–H and O–H groups in total. The van der Waals surface area contributed by atoms with E-state index in [-0.39, 0.29) is 18.6 Å². The molecule has 2 rings (SSSR count). The summed E-state index contributed by atoms with van der Waals surface area (Å²) in [6.45, 7) is 4.44. The predicted molar refractivity (Wildman–Crippen MR) is 85.5 cm³/mol. The topological polar surface area (TPSA) is 72.6 Å². The first kappa shape index (κ1) is 16.3. The number of rotatable bonds is 4. The Morgan fingerprint density at radius 1 is 1.36 bits per heavy atom. The number of aryl methyl sites for hydroxylation is 1. The number of hydrogen-bond acceptors (Lipinski definition) is 4. The largest absolute Gasteiger partial charge is 0.452 e. The summed E-state index contributed by atoms with van der Waals surface area (Å²) in [7, 11) is 0. The SMILES string of the molecule is CC[C@@H]1CCCCN1C(=O)COC(=O)c1cccc(C)c1N. The molecule has 1 aliphatic heterocycles. The number of nitrogens with zero attached hydrogens (tertiary/aromatic N) is 1. The van der Waals surface area contributed by atoms with E-state index in [2.05, 4.69) is 6.92 Å². The van der Waals surface area contributed by atoms with Crippen LogP contribution in [0.3, 0.4) is 0 Å². The van der Waals surface area contributed by atoms with Gasteiger partial charge < -0.3 is 15.4 Å². The van der Waals surface area contributed by atoms with Crippen molar-refractivity contribution in [3.8, 4) is 0 Å². The van der Waals surface area contributed by atoms with Crippen LogP contribution in [0.1, 0.15) is 48.5 Å². The molecule has 0 saturated carbocycles. The Kier molecular flexibility index (Phi) is 5.41. The fourth-order valence-electron chi connectivity index (χ4n) is 2.90. The number of esters is 1. The van der Waals surface area contributed by atoms with Crippen molar-refractivity contribution in [1.82, 2.24) is 4.90 Å². The van der Waals surface area contributed by atoms with Gasteiger partial charge in [0.2, 0.25) is 0 Å².